The number of nitrogens with one attached hydrogen (secondary N) is 1. The van der Waals surface area contributed by atoms with Gasteiger partial charge in [0.2, 0.25) is 0 Å². The summed E-state index contributed by atoms with van der Waals surface area (Å²) in [5, 5.41) is 0. The van der Waals surface area contributed by atoms with Crippen molar-refractivity contribution in [2.24, 2.45) is 0 Å². The summed E-state index contributed by atoms with van der Waals surface area (Å²) in [5.41, 5.74) is 0. The monoisotopic (exact) mass is 549 g/mol. The maximum Gasteiger partial charge on any atom is 0.305 e. The molecule has 0 bridgehead atoms. The lowest BCUT2D eigenvalue weighted by Gasteiger charge is -2.14. The lowest BCUT2D eigenvalue weighted by molar-refractivity contribution is -0.880. The van der Waals surface area contributed by atoms with Crippen LogP contribution >= 0.6 is 0 Å². The minimum atomic E-state index is -0.0735. The number of quaternary nitrogens is 1. The molecule has 0 saturated heterocycles. The Hall–Kier alpha value is -0.130. The van der Waals surface area contributed by atoms with E-state index in [1.54, 1.807) is 0 Å². The first-order valence-corrected chi connectivity index (χ1v) is 14.7. The molecule has 4 nitrogen and oxygen atoms in total. The molecule has 0 radical (unpaired) electrons. The molecule has 0 amide bonds. The van der Waals surface area contributed by atoms with Gasteiger partial charge in [0.1, 0.15) is 13.2 Å². The van der Waals surface area contributed by atoms with E-state index >= 15 is 0 Å². The van der Waals surface area contributed by atoms with Gasteiger partial charge in [-0.1, -0.05) is 117 Å². The summed E-state index contributed by atoms with van der Waals surface area (Å²) in [7, 11) is 2.25. The van der Waals surface area contributed by atoms with Gasteiger partial charge in [-0.3, -0.25) is 4.79 Å². The Morgan fingerprint density at radius 2 is 1.00 bits per heavy atom. The summed E-state index contributed by atoms with van der Waals surface area (Å²) in [5.74, 6) is -0.0735. The van der Waals surface area contributed by atoms with Crippen LogP contribution in [-0.2, 0) is 14.3 Å². The fourth-order valence-electron chi connectivity index (χ4n) is 4.25. The largest absolute Gasteiger partial charge is 1.00 e. The molecule has 0 aromatic carbocycles. The molecule has 1 unspecified atom stereocenters. The van der Waals surface area contributed by atoms with Crippen LogP contribution in [0.1, 0.15) is 142 Å². The lowest BCUT2D eigenvalue weighted by atomic mass is 10.0. The van der Waals surface area contributed by atoms with Crippen molar-refractivity contribution < 1.29 is 36.1 Å². The van der Waals surface area contributed by atoms with E-state index in [9.17, 15) is 4.79 Å². The van der Waals surface area contributed by atoms with Crippen LogP contribution in [0.4, 0.5) is 0 Å². The first-order valence-electron chi connectivity index (χ1n) is 14.7. The third-order valence-electron chi connectivity index (χ3n) is 6.61. The Kier molecular flexibility index (Phi) is 32.7. The molecule has 1 atom stereocenters. The van der Waals surface area contributed by atoms with E-state index in [-0.39, 0.29) is 23.0 Å². The highest BCUT2D eigenvalue weighted by molar-refractivity contribution is 5.69. The quantitative estimate of drug-likeness (QED) is 0.125. The van der Waals surface area contributed by atoms with E-state index in [4.69, 9.17) is 9.47 Å². The SMILES string of the molecule is CCCCCCCCCCCCCCCC[NH+](C)CCOCCOC(=O)CCCCCCC.[Br-]. The van der Waals surface area contributed by atoms with Crippen molar-refractivity contribution >= 4 is 5.97 Å². The fraction of sp³-hybridized carbons (Fsp3) is 0.966. The van der Waals surface area contributed by atoms with Gasteiger partial charge in [0.05, 0.1) is 26.8 Å². The third-order valence-corrected chi connectivity index (χ3v) is 6.61. The van der Waals surface area contributed by atoms with Crippen LogP contribution in [0.5, 0.6) is 0 Å². The van der Waals surface area contributed by atoms with Crippen LogP contribution in [0.2, 0.25) is 0 Å². The molecule has 0 saturated carbocycles. The standard InChI is InChI=1S/C29H59NO3.BrH/c1-4-6-8-10-11-12-13-14-15-16-17-18-20-22-24-30(3)25-26-32-27-28-33-29(31)23-21-19-9-7-5-2;/h4-28H2,1-3H3;1H. The van der Waals surface area contributed by atoms with Gasteiger partial charge < -0.3 is 31.4 Å². The average Bonchev–Trinajstić information content (AvgIpc) is 2.81. The number of hydrogen-bond donors (Lipinski definition) is 1. The van der Waals surface area contributed by atoms with Crippen molar-refractivity contribution in [1.29, 1.82) is 0 Å². The van der Waals surface area contributed by atoms with Crippen molar-refractivity contribution in [3.05, 3.63) is 0 Å². The minimum Gasteiger partial charge on any atom is -1.00 e. The van der Waals surface area contributed by atoms with Gasteiger partial charge in [-0.25, -0.2) is 0 Å². The lowest BCUT2D eigenvalue weighted by Crippen LogP contribution is -3.09. The summed E-state index contributed by atoms with van der Waals surface area (Å²) in [6.07, 6.45) is 26.2. The zero-order valence-corrected chi connectivity index (χ0v) is 24.9. The smallest absolute Gasteiger partial charge is 0.305 e. The molecular formula is C29H60BrNO3. The van der Waals surface area contributed by atoms with E-state index in [0.29, 0.717) is 19.6 Å². The van der Waals surface area contributed by atoms with Crippen LogP contribution in [0.3, 0.4) is 0 Å². The van der Waals surface area contributed by atoms with Crippen molar-refractivity contribution in [3.8, 4) is 0 Å². The van der Waals surface area contributed by atoms with Crippen LogP contribution in [0, 0.1) is 0 Å². The summed E-state index contributed by atoms with van der Waals surface area (Å²) < 4.78 is 10.9. The number of unbranched alkanes of at least 4 members (excludes halogenated alkanes) is 17. The summed E-state index contributed by atoms with van der Waals surface area (Å²) in [4.78, 5) is 13.2. The van der Waals surface area contributed by atoms with Crippen molar-refractivity contribution in [2.45, 2.75) is 142 Å². The van der Waals surface area contributed by atoms with E-state index < -0.39 is 0 Å². The van der Waals surface area contributed by atoms with Gasteiger partial charge in [-0.05, 0) is 19.3 Å². The molecule has 0 aromatic rings. The van der Waals surface area contributed by atoms with Gasteiger partial charge in [-0.15, -0.1) is 0 Å². The number of carbonyl (C=O) groups excluding carboxylic acids is 1. The van der Waals surface area contributed by atoms with Gasteiger partial charge in [0.25, 0.3) is 0 Å². The Morgan fingerprint density at radius 1 is 0.559 bits per heavy atom. The van der Waals surface area contributed by atoms with Crippen LogP contribution in [-0.4, -0.2) is 45.9 Å². The number of likely N-dealkylation sites (N-methyl/N-ethyl adjacent to an activating group) is 1. The number of ether oxygens (including phenoxy) is 2. The van der Waals surface area contributed by atoms with Crippen LogP contribution in [0.15, 0.2) is 0 Å². The summed E-state index contributed by atoms with van der Waals surface area (Å²) in [6.45, 7) is 8.42. The highest BCUT2D eigenvalue weighted by Gasteiger charge is 2.04. The molecule has 1 N–H and O–H groups in total. The highest BCUT2D eigenvalue weighted by atomic mass is 79.9. The Bertz CT molecular complexity index is 396. The normalized spacial score (nSPS) is 11.9. The number of rotatable bonds is 27. The molecule has 0 aliphatic carbocycles. The zero-order chi connectivity index (χ0) is 24.2. The second kappa shape index (κ2) is 30.9. The topological polar surface area (TPSA) is 40.0 Å². The number of hydrogen-bond acceptors (Lipinski definition) is 3. The molecule has 0 aliphatic heterocycles. The third kappa shape index (κ3) is 29.9. The predicted octanol–water partition coefficient (Wildman–Crippen LogP) is 3.91. The zero-order valence-electron chi connectivity index (χ0n) is 23.3. The predicted molar refractivity (Wildman–Crippen MR) is 142 cm³/mol. The second-order valence-corrected chi connectivity index (χ2v) is 10.1. The van der Waals surface area contributed by atoms with E-state index in [1.165, 1.54) is 121 Å². The number of halogens is 1. The molecule has 0 fully saturated rings. The Labute approximate surface area is 224 Å². The molecule has 0 rings (SSSR count). The number of carbonyl (C=O) groups is 1. The maximum absolute atomic E-state index is 11.6. The Balaban J connectivity index is 0. The van der Waals surface area contributed by atoms with Gasteiger partial charge in [-0.2, -0.15) is 0 Å². The molecular weight excluding hydrogens is 490 g/mol. The molecule has 5 heteroatoms. The molecule has 0 spiro atoms. The maximum atomic E-state index is 11.6. The second-order valence-electron chi connectivity index (χ2n) is 10.1. The molecule has 0 aliphatic rings. The van der Waals surface area contributed by atoms with Gasteiger partial charge >= 0.3 is 5.97 Å². The van der Waals surface area contributed by atoms with Crippen LogP contribution < -0.4 is 21.9 Å². The van der Waals surface area contributed by atoms with Crippen molar-refractivity contribution in [2.75, 3.05) is 40.0 Å². The minimum absolute atomic E-state index is 0. The average molecular weight is 551 g/mol. The first kappa shape index (κ1) is 36.0. The summed E-state index contributed by atoms with van der Waals surface area (Å²) in [6, 6.07) is 0. The van der Waals surface area contributed by atoms with E-state index in [0.717, 1.165) is 26.0 Å². The highest BCUT2D eigenvalue weighted by Crippen LogP contribution is 2.12. The molecule has 0 heterocycles. The summed E-state index contributed by atoms with van der Waals surface area (Å²) >= 11 is 0. The van der Waals surface area contributed by atoms with Gasteiger partial charge in [0.15, 0.2) is 0 Å². The molecule has 34 heavy (non-hydrogen) atoms. The first-order chi connectivity index (χ1) is 16.2. The molecule has 0 aromatic heterocycles. The van der Waals surface area contributed by atoms with Gasteiger partial charge in [0, 0.05) is 6.42 Å². The van der Waals surface area contributed by atoms with E-state index in [2.05, 4.69) is 20.9 Å². The Morgan fingerprint density at radius 3 is 1.50 bits per heavy atom. The van der Waals surface area contributed by atoms with Crippen molar-refractivity contribution in [1.82, 2.24) is 0 Å². The molecule has 206 valence electrons. The van der Waals surface area contributed by atoms with Crippen LogP contribution in [0.25, 0.3) is 0 Å². The fourth-order valence-corrected chi connectivity index (χ4v) is 4.25. The number of esters is 1. The van der Waals surface area contributed by atoms with E-state index in [1.807, 2.05) is 0 Å². The van der Waals surface area contributed by atoms with Crippen molar-refractivity contribution in [3.63, 3.8) is 0 Å².